The first kappa shape index (κ1) is 11.8. The molecule has 0 amide bonds. The summed E-state index contributed by atoms with van der Waals surface area (Å²) in [5.74, 6) is 0. The molecule has 1 nitrogen and oxygen atoms in total. The number of hydrogen-bond donors (Lipinski definition) is 1. The standard InChI is InChI=1S/C13H14BrNS/c14-11-7-13(16-9-11)8-12(15)6-10-4-2-1-3-5-10/h1-5,7,9,12H,6,8,15H2. The summed E-state index contributed by atoms with van der Waals surface area (Å²) >= 11 is 5.22. The van der Waals surface area contributed by atoms with Crippen molar-refractivity contribution in [2.24, 2.45) is 5.73 Å². The van der Waals surface area contributed by atoms with Crippen LogP contribution in [0.2, 0.25) is 0 Å². The number of benzene rings is 1. The van der Waals surface area contributed by atoms with Gasteiger partial charge in [-0.2, -0.15) is 0 Å². The van der Waals surface area contributed by atoms with Crippen LogP contribution in [0.3, 0.4) is 0 Å². The highest BCUT2D eigenvalue weighted by atomic mass is 79.9. The number of thiophene rings is 1. The van der Waals surface area contributed by atoms with E-state index in [9.17, 15) is 0 Å². The molecule has 3 heteroatoms. The predicted octanol–water partition coefficient (Wildman–Crippen LogP) is 3.62. The Kier molecular flexibility index (Phi) is 4.16. The van der Waals surface area contributed by atoms with Gasteiger partial charge in [0.25, 0.3) is 0 Å². The zero-order chi connectivity index (χ0) is 11.4. The Balaban J connectivity index is 1.92. The lowest BCUT2D eigenvalue weighted by Gasteiger charge is -2.10. The maximum Gasteiger partial charge on any atom is 0.0285 e. The lowest BCUT2D eigenvalue weighted by molar-refractivity contribution is 0.671. The molecule has 0 fully saturated rings. The molecule has 2 aromatic rings. The Hall–Kier alpha value is -0.640. The van der Waals surface area contributed by atoms with E-state index in [1.54, 1.807) is 11.3 Å². The largest absolute Gasteiger partial charge is 0.327 e. The van der Waals surface area contributed by atoms with Crippen molar-refractivity contribution in [3.8, 4) is 0 Å². The third-order valence-corrected chi connectivity index (χ3v) is 4.15. The summed E-state index contributed by atoms with van der Waals surface area (Å²) in [6, 6.07) is 12.8. The summed E-state index contributed by atoms with van der Waals surface area (Å²) in [4.78, 5) is 1.34. The Bertz CT molecular complexity index is 438. The quantitative estimate of drug-likeness (QED) is 0.916. The molecule has 16 heavy (non-hydrogen) atoms. The van der Waals surface area contributed by atoms with E-state index in [-0.39, 0.29) is 6.04 Å². The fourth-order valence-electron chi connectivity index (χ4n) is 1.71. The van der Waals surface area contributed by atoms with Crippen LogP contribution in [-0.2, 0) is 12.8 Å². The number of rotatable bonds is 4. The van der Waals surface area contributed by atoms with Gasteiger partial charge in [0, 0.05) is 20.8 Å². The third-order valence-electron chi connectivity index (χ3n) is 2.43. The monoisotopic (exact) mass is 295 g/mol. The van der Waals surface area contributed by atoms with E-state index in [2.05, 4.69) is 51.6 Å². The van der Waals surface area contributed by atoms with Crippen LogP contribution in [-0.4, -0.2) is 6.04 Å². The second-order valence-corrected chi connectivity index (χ2v) is 5.80. The summed E-state index contributed by atoms with van der Waals surface area (Å²) in [5.41, 5.74) is 7.45. The maximum absolute atomic E-state index is 6.14. The minimum absolute atomic E-state index is 0.202. The molecular formula is C13H14BrNS. The molecular weight excluding hydrogens is 282 g/mol. The number of halogens is 1. The average Bonchev–Trinajstić information content (AvgIpc) is 2.65. The van der Waals surface area contributed by atoms with E-state index in [1.807, 2.05) is 6.07 Å². The number of nitrogens with two attached hydrogens (primary N) is 1. The molecule has 1 aromatic heterocycles. The first-order chi connectivity index (χ1) is 7.74. The highest BCUT2D eigenvalue weighted by Crippen LogP contribution is 2.21. The second-order valence-electron chi connectivity index (χ2n) is 3.89. The van der Waals surface area contributed by atoms with Crippen LogP contribution in [0.5, 0.6) is 0 Å². The van der Waals surface area contributed by atoms with E-state index >= 15 is 0 Å². The lowest BCUT2D eigenvalue weighted by atomic mass is 10.0. The van der Waals surface area contributed by atoms with Gasteiger partial charge in [0.15, 0.2) is 0 Å². The number of hydrogen-bond acceptors (Lipinski definition) is 2. The van der Waals surface area contributed by atoms with Crippen molar-refractivity contribution in [3.63, 3.8) is 0 Å². The summed E-state index contributed by atoms with van der Waals surface area (Å²) in [5, 5.41) is 2.10. The molecule has 0 saturated heterocycles. The first-order valence-corrected chi connectivity index (χ1v) is 6.94. The van der Waals surface area contributed by atoms with Crippen LogP contribution in [0.1, 0.15) is 10.4 Å². The van der Waals surface area contributed by atoms with Gasteiger partial charge in [0.05, 0.1) is 0 Å². The van der Waals surface area contributed by atoms with Crippen molar-refractivity contribution in [1.82, 2.24) is 0 Å². The van der Waals surface area contributed by atoms with Crippen molar-refractivity contribution >= 4 is 27.3 Å². The van der Waals surface area contributed by atoms with E-state index in [1.165, 1.54) is 10.4 Å². The van der Waals surface area contributed by atoms with Crippen LogP contribution < -0.4 is 5.73 Å². The molecule has 0 bridgehead atoms. The molecule has 0 saturated carbocycles. The third kappa shape index (κ3) is 3.44. The fraction of sp³-hybridized carbons (Fsp3) is 0.231. The van der Waals surface area contributed by atoms with E-state index < -0.39 is 0 Å². The van der Waals surface area contributed by atoms with E-state index in [0.717, 1.165) is 17.3 Å². The van der Waals surface area contributed by atoms with Crippen molar-refractivity contribution in [1.29, 1.82) is 0 Å². The van der Waals surface area contributed by atoms with Crippen LogP contribution in [0.15, 0.2) is 46.3 Å². The molecule has 2 N–H and O–H groups in total. The van der Waals surface area contributed by atoms with Gasteiger partial charge in [-0.25, -0.2) is 0 Å². The molecule has 1 aromatic carbocycles. The summed E-state index contributed by atoms with van der Waals surface area (Å²) in [6.07, 6.45) is 1.89. The Morgan fingerprint density at radius 3 is 2.56 bits per heavy atom. The maximum atomic E-state index is 6.14. The van der Waals surface area contributed by atoms with Gasteiger partial charge < -0.3 is 5.73 Å². The second kappa shape index (κ2) is 5.62. The van der Waals surface area contributed by atoms with Crippen LogP contribution >= 0.6 is 27.3 Å². The van der Waals surface area contributed by atoms with Crippen molar-refractivity contribution in [2.75, 3.05) is 0 Å². The smallest absolute Gasteiger partial charge is 0.0285 e. The topological polar surface area (TPSA) is 26.0 Å². The SMILES string of the molecule is NC(Cc1ccccc1)Cc1cc(Br)cs1. The van der Waals surface area contributed by atoms with Crippen LogP contribution in [0.4, 0.5) is 0 Å². The molecule has 0 spiro atoms. The Morgan fingerprint density at radius 2 is 1.94 bits per heavy atom. The first-order valence-electron chi connectivity index (χ1n) is 5.26. The summed E-state index contributed by atoms with van der Waals surface area (Å²) < 4.78 is 1.15. The van der Waals surface area contributed by atoms with Crippen molar-refractivity contribution in [3.05, 3.63) is 56.7 Å². The normalized spacial score (nSPS) is 12.6. The van der Waals surface area contributed by atoms with Gasteiger partial charge >= 0.3 is 0 Å². The van der Waals surface area contributed by atoms with Gasteiger partial charge in [-0.1, -0.05) is 30.3 Å². The fourth-order valence-corrected chi connectivity index (χ4v) is 3.25. The molecule has 0 radical (unpaired) electrons. The molecule has 1 unspecified atom stereocenters. The molecule has 0 aliphatic carbocycles. The summed E-state index contributed by atoms with van der Waals surface area (Å²) in [6.45, 7) is 0. The van der Waals surface area contributed by atoms with Gasteiger partial charge in [-0.15, -0.1) is 11.3 Å². The zero-order valence-corrected chi connectivity index (χ0v) is 11.3. The summed E-state index contributed by atoms with van der Waals surface area (Å²) in [7, 11) is 0. The average molecular weight is 296 g/mol. The highest BCUT2D eigenvalue weighted by Gasteiger charge is 2.06. The molecule has 84 valence electrons. The zero-order valence-electron chi connectivity index (χ0n) is 8.90. The van der Waals surface area contributed by atoms with Gasteiger partial charge in [0.2, 0.25) is 0 Å². The van der Waals surface area contributed by atoms with Gasteiger partial charge in [0.1, 0.15) is 0 Å². The Morgan fingerprint density at radius 1 is 1.19 bits per heavy atom. The predicted molar refractivity (Wildman–Crippen MR) is 73.8 cm³/mol. The molecule has 1 atom stereocenters. The van der Waals surface area contributed by atoms with Crippen LogP contribution in [0, 0.1) is 0 Å². The lowest BCUT2D eigenvalue weighted by Crippen LogP contribution is -2.24. The van der Waals surface area contributed by atoms with Gasteiger partial charge in [-0.3, -0.25) is 0 Å². The molecule has 2 rings (SSSR count). The molecule has 0 aliphatic rings. The van der Waals surface area contributed by atoms with E-state index in [0.29, 0.717) is 0 Å². The molecule has 0 aliphatic heterocycles. The van der Waals surface area contributed by atoms with Crippen molar-refractivity contribution < 1.29 is 0 Å². The molecule has 1 heterocycles. The van der Waals surface area contributed by atoms with Crippen molar-refractivity contribution in [2.45, 2.75) is 18.9 Å². The van der Waals surface area contributed by atoms with Gasteiger partial charge in [-0.05, 0) is 40.4 Å². The Labute approximate surface area is 108 Å². The van der Waals surface area contributed by atoms with E-state index in [4.69, 9.17) is 5.73 Å². The highest BCUT2D eigenvalue weighted by molar-refractivity contribution is 9.10. The minimum Gasteiger partial charge on any atom is -0.327 e. The minimum atomic E-state index is 0.202. The van der Waals surface area contributed by atoms with Crippen LogP contribution in [0.25, 0.3) is 0 Å².